The average molecular weight is 805 g/mol. The lowest BCUT2D eigenvalue weighted by Gasteiger charge is -2.19. The molecule has 0 fully saturated rings. The summed E-state index contributed by atoms with van der Waals surface area (Å²) in [6, 6.07) is 11.4. The quantitative estimate of drug-likeness (QED) is 0.0529. The van der Waals surface area contributed by atoms with Crippen molar-refractivity contribution in [2.24, 2.45) is 0 Å². The van der Waals surface area contributed by atoms with Gasteiger partial charge in [0.1, 0.15) is 28.4 Å². The zero-order chi connectivity index (χ0) is 42.2. The van der Waals surface area contributed by atoms with Gasteiger partial charge in [-0.15, -0.1) is 0 Å². The van der Waals surface area contributed by atoms with Crippen molar-refractivity contribution < 1.29 is 24.2 Å². The standard InChI is InChI=1S/C24H32N8O3.C16H16N6O2/c1-5-9-25-20-19(21(33)26-10-6-11-27-23(34)35-24(2,3)4)15-28-22(32-20)31-18-8-7-16-13-29-30-14-17(16)12-18;1-2-5-17-14-13(15(23)24)9-18-16(22-14)21-12-4-3-10-7-19-20-8-11(10)6-12/h7-8,12-15H,5-6,9-11H2,1-4H3,(H,26,33)(H,27,34)(H2,25,28,31,32);3-4,6-9H,2,5H2,1H3,(H,23,24)(H2,17,18,21,22). The number of nitrogens with zero attached hydrogens (tertiary/aromatic N) is 8. The van der Waals surface area contributed by atoms with Crippen LogP contribution in [0, 0.1) is 0 Å². The molecule has 4 aromatic heterocycles. The number of carbonyl (C=O) groups excluding carboxylic acids is 2. The average Bonchev–Trinajstić information content (AvgIpc) is 3.21. The van der Waals surface area contributed by atoms with E-state index in [4.69, 9.17) is 4.74 Å². The highest BCUT2D eigenvalue weighted by atomic mass is 16.6. The summed E-state index contributed by atoms with van der Waals surface area (Å²) in [5.74, 6) is 0.0677. The summed E-state index contributed by atoms with van der Waals surface area (Å²) >= 11 is 0. The molecule has 0 atom stereocenters. The topological polar surface area (TPSA) is 256 Å². The Balaban J connectivity index is 0.000000240. The second kappa shape index (κ2) is 20.7. The number of alkyl carbamates (subject to hydrolysis) is 1. The SMILES string of the molecule is CCCNc1nc(Nc2ccc3cnncc3c2)ncc1C(=O)NCCCNC(=O)OC(C)(C)C.CCCNc1nc(Nc2ccc3cnncc3c2)ncc1C(=O)O. The number of ether oxygens (including phenoxy) is 1. The van der Waals surface area contributed by atoms with E-state index in [1.165, 1.54) is 12.4 Å². The lowest BCUT2D eigenvalue weighted by Crippen LogP contribution is -2.34. The van der Waals surface area contributed by atoms with Crippen LogP contribution in [0.1, 0.15) is 74.6 Å². The number of benzene rings is 2. The van der Waals surface area contributed by atoms with E-state index in [2.05, 4.69) is 72.2 Å². The van der Waals surface area contributed by atoms with Crippen LogP contribution in [0.3, 0.4) is 0 Å². The van der Waals surface area contributed by atoms with Crippen LogP contribution in [0.15, 0.2) is 73.6 Å². The highest BCUT2D eigenvalue weighted by molar-refractivity contribution is 5.98. The number of rotatable bonds is 16. The van der Waals surface area contributed by atoms with Crippen LogP contribution in [0.2, 0.25) is 0 Å². The Hall–Kier alpha value is -7.31. The highest BCUT2D eigenvalue weighted by Crippen LogP contribution is 2.23. The summed E-state index contributed by atoms with van der Waals surface area (Å²) in [4.78, 5) is 52.9. The van der Waals surface area contributed by atoms with Crippen molar-refractivity contribution in [1.29, 1.82) is 0 Å². The fourth-order valence-electron chi connectivity index (χ4n) is 5.26. The maximum atomic E-state index is 12.8. The van der Waals surface area contributed by atoms with Gasteiger partial charge in [0.05, 0.1) is 24.8 Å². The summed E-state index contributed by atoms with van der Waals surface area (Å²) in [5, 5.41) is 46.5. The maximum Gasteiger partial charge on any atom is 0.407 e. The molecular formula is C40H48N14O5. The van der Waals surface area contributed by atoms with Gasteiger partial charge in [-0.05, 0) is 64.3 Å². The number of hydrogen-bond donors (Lipinski definition) is 7. The van der Waals surface area contributed by atoms with Gasteiger partial charge in [-0.2, -0.15) is 30.4 Å². The van der Waals surface area contributed by atoms with E-state index in [9.17, 15) is 19.5 Å². The molecule has 2 aromatic carbocycles. The van der Waals surface area contributed by atoms with Crippen molar-refractivity contribution in [1.82, 2.24) is 51.0 Å². The van der Waals surface area contributed by atoms with Crippen molar-refractivity contribution in [3.63, 3.8) is 0 Å². The van der Waals surface area contributed by atoms with Gasteiger partial charge in [0.15, 0.2) is 0 Å². The molecular weight excluding hydrogens is 757 g/mol. The third-order valence-electron chi connectivity index (χ3n) is 8.05. The van der Waals surface area contributed by atoms with E-state index in [1.54, 1.807) is 45.6 Å². The number of nitrogens with one attached hydrogen (secondary N) is 6. The Morgan fingerprint density at radius 2 is 1.10 bits per heavy atom. The zero-order valence-corrected chi connectivity index (χ0v) is 33.5. The van der Waals surface area contributed by atoms with Crippen molar-refractivity contribution >= 4 is 74.4 Å². The molecule has 0 spiro atoms. The summed E-state index contributed by atoms with van der Waals surface area (Å²) in [6.07, 6.45) is 11.3. The van der Waals surface area contributed by atoms with Gasteiger partial charge < -0.3 is 41.7 Å². The molecule has 2 amide bonds. The van der Waals surface area contributed by atoms with Gasteiger partial charge in [-0.25, -0.2) is 19.6 Å². The van der Waals surface area contributed by atoms with E-state index in [0.29, 0.717) is 61.7 Å². The van der Waals surface area contributed by atoms with Crippen LogP contribution >= 0.6 is 0 Å². The molecule has 59 heavy (non-hydrogen) atoms. The van der Waals surface area contributed by atoms with Crippen LogP contribution < -0.4 is 31.9 Å². The number of amides is 2. The number of hydrogen-bond acceptors (Lipinski definition) is 16. The molecule has 6 rings (SSSR count). The van der Waals surface area contributed by atoms with Crippen LogP contribution in [0.4, 0.5) is 39.7 Å². The Labute approximate surface area is 340 Å². The minimum Gasteiger partial charge on any atom is -0.477 e. The van der Waals surface area contributed by atoms with E-state index in [0.717, 1.165) is 45.8 Å². The van der Waals surface area contributed by atoms with Crippen LogP contribution in [0.25, 0.3) is 21.5 Å². The molecule has 0 bridgehead atoms. The van der Waals surface area contributed by atoms with Crippen molar-refractivity contribution in [3.05, 3.63) is 84.7 Å². The van der Waals surface area contributed by atoms with Gasteiger partial charge >= 0.3 is 12.1 Å². The molecule has 7 N–H and O–H groups in total. The van der Waals surface area contributed by atoms with E-state index in [1.807, 2.05) is 50.2 Å². The second-order valence-corrected chi connectivity index (χ2v) is 14.0. The molecule has 0 saturated heterocycles. The van der Waals surface area contributed by atoms with Gasteiger partial charge in [0, 0.05) is 71.5 Å². The van der Waals surface area contributed by atoms with Crippen LogP contribution in [0.5, 0.6) is 0 Å². The summed E-state index contributed by atoms with van der Waals surface area (Å²) in [6.45, 7) is 11.5. The number of anilines is 6. The smallest absolute Gasteiger partial charge is 0.407 e. The third-order valence-corrected chi connectivity index (χ3v) is 8.05. The molecule has 19 heteroatoms. The first-order chi connectivity index (χ1) is 28.4. The zero-order valence-electron chi connectivity index (χ0n) is 33.5. The molecule has 0 aliphatic heterocycles. The molecule has 0 radical (unpaired) electrons. The largest absolute Gasteiger partial charge is 0.477 e. The fourth-order valence-corrected chi connectivity index (χ4v) is 5.26. The van der Waals surface area contributed by atoms with E-state index in [-0.39, 0.29) is 11.5 Å². The van der Waals surface area contributed by atoms with Gasteiger partial charge in [0.25, 0.3) is 5.91 Å². The molecule has 0 aliphatic carbocycles. The Kier molecular flexibility index (Phi) is 15.1. The normalized spacial score (nSPS) is 10.9. The molecule has 308 valence electrons. The van der Waals surface area contributed by atoms with Crippen LogP contribution in [-0.4, -0.2) is 95.2 Å². The predicted octanol–water partition coefficient (Wildman–Crippen LogP) is 6.31. The van der Waals surface area contributed by atoms with Crippen molar-refractivity contribution in [2.75, 3.05) is 47.4 Å². The minimum absolute atomic E-state index is 0.0442. The lowest BCUT2D eigenvalue weighted by atomic mass is 10.2. The number of carbonyl (C=O) groups is 3. The number of fused-ring (bicyclic) bond motifs is 2. The first-order valence-electron chi connectivity index (χ1n) is 19.1. The second-order valence-electron chi connectivity index (χ2n) is 14.0. The minimum atomic E-state index is -1.07. The fraction of sp³-hybridized carbons (Fsp3) is 0.325. The monoisotopic (exact) mass is 804 g/mol. The first kappa shape index (κ1) is 42.8. The van der Waals surface area contributed by atoms with E-state index >= 15 is 0 Å². The van der Waals surface area contributed by atoms with Crippen molar-refractivity contribution in [3.8, 4) is 0 Å². The molecule has 6 aromatic rings. The first-order valence-corrected chi connectivity index (χ1v) is 19.1. The predicted molar refractivity (Wildman–Crippen MR) is 225 cm³/mol. The highest BCUT2D eigenvalue weighted by Gasteiger charge is 2.17. The molecule has 4 heterocycles. The summed E-state index contributed by atoms with van der Waals surface area (Å²) in [7, 11) is 0. The number of aromatic nitrogens is 8. The molecule has 0 aliphatic rings. The van der Waals surface area contributed by atoms with Gasteiger partial charge in [-0.1, -0.05) is 26.0 Å². The Morgan fingerprint density at radius 3 is 1.59 bits per heavy atom. The van der Waals surface area contributed by atoms with Gasteiger partial charge in [-0.3, -0.25) is 4.79 Å². The third kappa shape index (κ3) is 13.1. The Bertz CT molecular complexity index is 2370. The molecule has 0 saturated carbocycles. The molecule has 19 nitrogen and oxygen atoms in total. The summed E-state index contributed by atoms with van der Waals surface area (Å²) in [5.41, 5.74) is 1.41. The van der Waals surface area contributed by atoms with Gasteiger partial charge in [0.2, 0.25) is 11.9 Å². The number of aromatic carboxylic acids is 1. The number of carboxylic acids is 1. The molecule has 0 unspecified atom stereocenters. The number of carboxylic acid groups (broad SMARTS) is 1. The van der Waals surface area contributed by atoms with Crippen LogP contribution in [-0.2, 0) is 4.74 Å². The van der Waals surface area contributed by atoms with Crippen molar-refractivity contribution in [2.45, 2.75) is 59.5 Å². The lowest BCUT2D eigenvalue weighted by molar-refractivity contribution is 0.0526. The summed E-state index contributed by atoms with van der Waals surface area (Å²) < 4.78 is 5.19. The Morgan fingerprint density at radius 1 is 0.627 bits per heavy atom. The van der Waals surface area contributed by atoms with E-state index < -0.39 is 17.7 Å². The maximum absolute atomic E-state index is 12.8.